The summed E-state index contributed by atoms with van der Waals surface area (Å²) in [6.45, 7) is -1.45. The van der Waals surface area contributed by atoms with E-state index in [4.69, 9.17) is 23.7 Å². The Morgan fingerprint density at radius 1 is 0.600 bits per heavy atom. The van der Waals surface area contributed by atoms with Gasteiger partial charge in [0.1, 0.15) is 72.7 Å². The second-order valence-corrected chi connectivity index (χ2v) is 9.22. The van der Waals surface area contributed by atoms with Crippen molar-refractivity contribution >= 4 is 0 Å². The Hall–Kier alpha value is -0.640. The lowest BCUT2D eigenvalue weighted by Crippen LogP contribution is -2.65. The second-order valence-electron chi connectivity index (χ2n) is 9.22. The minimum Gasteiger partial charge on any atom is -0.394 e. The van der Waals surface area contributed by atoms with Crippen molar-refractivity contribution in [3.8, 4) is 0 Å². The van der Waals surface area contributed by atoms with Gasteiger partial charge in [-0.15, -0.1) is 0 Å². The van der Waals surface area contributed by atoms with E-state index in [2.05, 4.69) is 0 Å². The number of hydrogen-bond acceptors (Lipinski definition) is 16. The standard InChI is InChI=1S/C19H32O16/c20-2-4-7(22)9(24)13(28)17(31-4)33-6-1-19(6)15(11(26)12(27)16(30)35-19)34-18-14(29)10(25)8(23)5(3-21)32-18/h4-18,20-30H,1-3H2/t4-,5-,6-,7+,8-,9+,10+,11-,12+,13-,14+,15+,16-,17-,18+,19+/m1/s1. The van der Waals surface area contributed by atoms with Gasteiger partial charge in [-0.1, -0.05) is 0 Å². The van der Waals surface area contributed by atoms with Crippen molar-refractivity contribution in [3.63, 3.8) is 0 Å². The number of rotatable bonds is 6. The average Bonchev–Trinajstić information content (AvgIpc) is 3.52. The maximum atomic E-state index is 10.6. The molecule has 4 aliphatic rings. The maximum Gasteiger partial charge on any atom is 0.187 e. The van der Waals surface area contributed by atoms with Crippen LogP contribution in [0.25, 0.3) is 0 Å². The fourth-order valence-electron chi connectivity index (χ4n) is 4.68. The number of aliphatic hydroxyl groups excluding tert-OH is 11. The van der Waals surface area contributed by atoms with Crippen LogP contribution in [0.15, 0.2) is 0 Å². The van der Waals surface area contributed by atoms with Crippen LogP contribution in [0.4, 0.5) is 0 Å². The Kier molecular flexibility index (Phi) is 8.03. The Bertz CT molecular complexity index is 725. The van der Waals surface area contributed by atoms with Crippen LogP contribution in [0.3, 0.4) is 0 Å². The SMILES string of the molecule is OC[C@H]1O[C@H](O[C@@H]2C[C@]23O[C@@H](O)[C@@H](O)[C@@H](O)[C@@H]3O[C@@H]2O[C@H](CO)[C@@H](O)[C@H](O)[C@@H]2O)[C@H](O)[C@@H](O)[C@H]1O. The molecule has 16 heteroatoms. The van der Waals surface area contributed by atoms with Crippen LogP contribution in [-0.2, 0) is 23.7 Å². The fourth-order valence-corrected chi connectivity index (χ4v) is 4.68. The summed E-state index contributed by atoms with van der Waals surface area (Å²) in [5, 5.41) is 110. The van der Waals surface area contributed by atoms with Gasteiger partial charge in [0.05, 0.1) is 19.3 Å². The third kappa shape index (κ3) is 4.72. The molecule has 11 N–H and O–H groups in total. The molecule has 3 aliphatic heterocycles. The molecule has 3 heterocycles. The molecular weight excluding hydrogens is 484 g/mol. The van der Waals surface area contributed by atoms with Crippen molar-refractivity contribution < 1.29 is 79.9 Å². The van der Waals surface area contributed by atoms with E-state index < -0.39 is 111 Å². The van der Waals surface area contributed by atoms with Gasteiger partial charge in [-0.05, 0) is 0 Å². The molecule has 1 spiro atoms. The summed E-state index contributed by atoms with van der Waals surface area (Å²) in [7, 11) is 0. The van der Waals surface area contributed by atoms with Gasteiger partial charge in [0.15, 0.2) is 18.9 Å². The topological polar surface area (TPSA) is 269 Å². The normalized spacial score (nSPS) is 56.8. The summed E-state index contributed by atoms with van der Waals surface area (Å²) in [5.74, 6) is 0. The lowest BCUT2D eigenvalue weighted by Gasteiger charge is -2.46. The molecule has 35 heavy (non-hydrogen) atoms. The van der Waals surface area contributed by atoms with Gasteiger partial charge in [0.25, 0.3) is 0 Å². The highest BCUT2D eigenvalue weighted by molar-refractivity contribution is 5.18. The van der Waals surface area contributed by atoms with E-state index in [0.29, 0.717) is 0 Å². The average molecular weight is 516 g/mol. The van der Waals surface area contributed by atoms with Gasteiger partial charge < -0.3 is 79.9 Å². The van der Waals surface area contributed by atoms with Gasteiger partial charge in [0, 0.05) is 6.42 Å². The molecule has 0 radical (unpaired) electrons. The van der Waals surface area contributed by atoms with E-state index in [-0.39, 0.29) is 6.42 Å². The fraction of sp³-hybridized carbons (Fsp3) is 1.00. The molecule has 204 valence electrons. The number of ether oxygens (including phenoxy) is 5. The van der Waals surface area contributed by atoms with E-state index in [9.17, 15) is 56.2 Å². The molecule has 0 bridgehead atoms. The largest absolute Gasteiger partial charge is 0.394 e. The molecule has 1 saturated carbocycles. The summed E-state index contributed by atoms with van der Waals surface area (Å²) >= 11 is 0. The first-order chi connectivity index (χ1) is 16.5. The van der Waals surface area contributed by atoms with Crippen LogP contribution in [0.5, 0.6) is 0 Å². The van der Waals surface area contributed by atoms with Crippen molar-refractivity contribution in [2.75, 3.05) is 13.2 Å². The summed E-state index contributed by atoms with van der Waals surface area (Å²) in [6.07, 6.45) is -24.7. The van der Waals surface area contributed by atoms with Gasteiger partial charge in [-0.3, -0.25) is 0 Å². The summed E-state index contributed by atoms with van der Waals surface area (Å²) in [4.78, 5) is 0. The molecule has 0 unspecified atom stereocenters. The second kappa shape index (κ2) is 10.3. The first kappa shape index (κ1) is 27.4. The molecule has 0 aromatic heterocycles. The molecule has 0 amide bonds. The molecule has 3 saturated heterocycles. The van der Waals surface area contributed by atoms with Crippen molar-refractivity contribution in [1.29, 1.82) is 0 Å². The van der Waals surface area contributed by atoms with Crippen molar-refractivity contribution in [2.45, 2.75) is 104 Å². The highest BCUT2D eigenvalue weighted by atomic mass is 16.8. The number of aliphatic hydroxyl groups is 11. The zero-order valence-electron chi connectivity index (χ0n) is 18.2. The molecule has 0 aromatic rings. The van der Waals surface area contributed by atoms with Crippen molar-refractivity contribution in [3.05, 3.63) is 0 Å². The van der Waals surface area contributed by atoms with Crippen LogP contribution in [0, 0.1) is 0 Å². The van der Waals surface area contributed by atoms with Gasteiger partial charge >= 0.3 is 0 Å². The van der Waals surface area contributed by atoms with E-state index in [1.165, 1.54) is 0 Å². The summed E-state index contributed by atoms with van der Waals surface area (Å²) in [5.41, 5.74) is -1.70. The quantitative estimate of drug-likeness (QED) is 0.156. The smallest absolute Gasteiger partial charge is 0.187 e. The monoisotopic (exact) mass is 516 g/mol. The van der Waals surface area contributed by atoms with Crippen LogP contribution >= 0.6 is 0 Å². The third-order valence-electron chi connectivity index (χ3n) is 6.94. The Morgan fingerprint density at radius 3 is 1.57 bits per heavy atom. The third-order valence-corrected chi connectivity index (χ3v) is 6.94. The lowest BCUT2D eigenvalue weighted by molar-refractivity contribution is -0.367. The first-order valence-corrected chi connectivity index (χ1v) is 11.1. The van der Waals surface area contributed by atoms with Crippen LogP contribution < -0.4 is 0 Å². The molecule has 4 rings (SSSR count). The summed E-state index contributed by atoms with van der Waals surface area (Å²) in [6, 6.07) is 0. The zero-order chi connectivity index (χ0) is 25.8. The predicted molar refractivity (Wildman–Crippen MR) is 104 cm³/mol. The molecule has 0 aromatic carbocycles. The summed E-state index contributed by atoms with van der Waals surface area (Å²) < 4.78 is 27.3. The molecule has 16 nitrogen and oxygen atoms in total. The molecule has 16 atom stereocenters. The van der Waals surface area contributed by atoms with Gasteiger partial charge in [-0.2, -0.15) is 0 Å². The van der Waals surface area contributed by atoms with E-state index in [1.54, 1.807) is 0 Å². The van der Waals surface area contributed by atoms with E-state index in [1.807, 2.05) is 0 Å². The Balaban J connectivity index is 1.52. The minimum absolute atomic E-state index is 0.120. The van der Waals surface area contributed by atoms with Crippen molar-refractivity contribution in [1.82, 2.24) is 0 Å². The molecule has 4 fully saturated rings. The molecular formula is C19H32O16. The van der Waals surface area contributed by atoms with Crippen LogP contribution in [0.1, 0.15) is 6.42 Å². The molecule has 1 aliphatic carbocycles. The van der Waals surface area contributed by atoms with Gasteiger partial charge in [-0.25, -0.2) is 0 Å². The Labute approximate surface area is 198 Å². The number of hydrogen-bond donors (Lipinski definition) is 11. The van der Waals surface area contributed by atoms with Crippen molar-refractivity contribution in [2.24, 2.45) is 0 Å². The minimum atomic E-state index is -1.90. The highest BCUT2D eigenvalue weighted by Crippen LogP contribution is 2.53. The van der Waals surface area contributed by atoms with E-state index >= 15 is 0 Å². The lowest BCUT2D eigenvalue weighted by atomic mass is 9.95. The van der Waals surface area contributed by atoms with Gasteiger partial charge in [0.2, 0.25) is 0 Å². The Morgan fingerprint density at radius 2 is 1.09 bits per heavy atom. The highest BCUT2D eigenvalue weighted by Gasteiger charge is 2.71. The predicted octanol–water partition coefficient (Wildman–Crippen LogP) is -7.43. The van der Waals surface area contributed by atoms with Crippen LogP contribution in [0.2, 0.25) is 0 Å². The van der Waals surface area contributed by atoms with Crippen LogP contribution in [-0.4, -0.2) is 167 Å². The van der Waals surface area contributed by atoms with E-state index in [0.717, 1.165) is 0 Å². The first-order valence-electron chi connectivity index (χ1n) is 11.1. The zero-order valence-corrected chi connectivity index (χ0v) is 18.2. The maximum absolute atomic E-state index is 10.6.